The molecule has 5 aromatic rings. The average Bonchev–Trinajstić information content (AvgIpc) is 3.80. The van der Waals surface area contributed by atoms with Crippen molar-refractivity contribution in [1.82, 2.24) is 24.8 Å². The number of benzene rings is 3. The molecule has 2 unspecified atom stereocenters. The van der Waals surface area contributed by atoms with Crippen LogP contribution < -0.4 is 5.32 Å². The number of carbonyl (C=O) groups is 3. The van der Waals surface area contributed by atoms with Gasteiger partial charge in [0.2, 0.25) is 23.6 Å². The molecule has 2 aliphatic rings. The first-order valence-corrected chi connectivity index (χ1v) is 16.9. The van der Waals surface area contributed by atoms with E-state index >= 15 is 0 Å². The third-order valence-corrected chi connectivity index (χ3v) is 9.27. The van der Waals surface area contributed by atoms with Gasteiger partial charge in [0.25, 0.3) is 0 Å². The Labute approximate surface area is 284 Å². The lowest BCUT2D eigenvalue weighted by Crippen LogP contribution is -2.49. The molecule has 0 saturated carbocycles. The number of aromatic amines is 1. The third-order valence-electron chi connectivity index (χ3n) is 9.27. The van der Waals surface area contributed by atoms with Crippen LogP contribution in [-0.4, -0.2) is 61.6 Å². The van der Waals surface area contributed by atoms with Crippen molar-refractivity contribution in [1.29, 1.82) is 0 Å². The largest absolute Gasteiger partial charge is 0.436 e. The molecular weight excluding hydrogens is 616 g/mol. The van der Waals surface area contributed by atoms with Crippen molar-refractivity contribution in [2.45, 2.75) is 64.5 Å². The predicted molar refractivity (Wildman–Crippen MR) is 187 cm³/mol. The maximum Gasteiger partial charge on any atom is 0.247 e. The van der Waals surface area contributed by atoms with E-state index < -0.39 is 12.1 Å². The molecule has 49 heavy (non-hydrogen) atoms. The molecule has 4 heterocycles. The Bertz CT molecular complexity index is 2090. The average molecular weight is 655 g/mol. The second-order valence-electron chi connectivity index (χ2n) is 12.6. The van der Waals surface area contributed by atoms with Crippen LogP contribution in [0.15, 0.2) is 77.3 Å². The number of rotatable bonds is 8. The Balaban J connectivity index is 1.09. The minimum atomic E-state index is -0.474. The van der Waals surface area contributed by atoms with Gasteiger partial charge in [-0.2, -0.15) is 0 Å². The quantitative estimate of drug-likeness (QED) is 0.186. The van der Waals surface area contributed by atoms with E-state index in [0.29, 0.717) is 61.9 Å². The van der Waals surface area contributed by atoms with E-state index in [0.717, 1.165) is 46.1 Å². The van der Waals surface area contributed by atoms with Crippen molar-refractivity contribution in [2.24, 2.45) is 0 Å². The van der Waals surface area contributed by atoms with Gasteiger partial charge in [-0.1, -0.05) is 55.2 Å². The summed E-state index contributed by atoms with van der Waals surface area (Å²) in [5, 5.41) is 3.06. The van der Waals surface area contributed by atoms with Crippen LogP contribution in [0, 0.1) is 18.8 Å². The number of piperidine rings is 1. The monoisotopic (exact) mass is 654 g/mol. The van der Waals surface area contributed by atoms with Crippen molar-refractivity contribution in [3.05, 3.63) is 89.9 Å². The maximum atomic E-state index is 13.3. The van der Waals surface area contributed by atoms with Gasteiger partial charge in [-0.25, -0.2) is 9.97 Å². The number of imidazole rings is 1. The van der Waals surface area contributed by atoms with Crippen LogP contribution in [0.25, 0.3) is 33.8 Å². The highest BCUT2D eigenvalue weighted by atomic mass is 16.4. The molecule has 10 heteroatoms. The van der Waals surface area contributed by atoms with Crippen molar-refractivity contribution in [3.63, 3.8) is 0 Å². The fraction of sp³-hybridized carbons (Fsp3) is 0.308. The summed E-state index contributed by atoms with van der Waals surface area (Å²) in [6, 6.07) is 20.3. The topological polar surface area (TPSA) is 124 Å². The summed E-state index contributed by atoms with van der Waals surface area (Å²) in [5.74, 6) is 7.84. The normalized spacial score (nSPS) is 17.4. The number of fused-ring (bicyclic) bond motifs is 1. The van der Waals surface area contributed by atoms with Crippen LogP contribution >= 0.6 is 0 Å². The lowest BCUT2D eigenvalue weighted by atomic mass is 10.0. The molecule has 3 amide bonds. The summed E-state index contributed by atoms with van der Waals surface area (Å²) in [4.78, 5) is 55.4. The molecular formula is C39H38N6O4. The van der Waals surface area contributed by atoms with Gasteiger partial charge in [-0.3, -0.25) is 14.4 Å². The summed E-state index contributed by atoms with van der Waals surface area (Å²) < 4.78 is 6.23. The number of hydrogen-bond donors (Lipinski definition) is 2. The van der Waals surface area contributed by atoms with Crippen molar-refractivity contribution in [2.75, 3.05) is 18.4 Å². The van der Waals surface area contributed by atoms with E-state index in [1.165, 1.54) is 0 Å². The Morgan fingerprint density at radius 1 is 0.980 bits per heavy atom. The lowest BCUT2D eigenvalue weighted by molar-refractivity contribution is -0.140. The highest BCUT2D eigenvalue weighted by molar-refractivity contribution is 5.98. The molecule has 2 N–H and O–H groups in total. The number of aromatic nitrogens is 3. The standard InChI is InChI=1S/C39H38N6O4/c1-3-35(46)45-20-10-8-14-33(45)38(48)43-30-23-28(16-15-25(30)2)39-40-24-34(49-39)27-17-18-29-31(22-27)42-37(41-29)32-13-7-9-19-44(32)36(47)21-26-11-5-4-6-12-26/h4-6,11-12,15-18,22-24,32-33H,3,8-10,14,19-21H2,1-2H3,(H,41,42)(H,43,48). The summed E-state index contributed by atoms with van der Waals surface area (Å²) in [6.07, 6.45) is 5.47. The van der Waals surface area contributed by atoms with E-state index in [1.54, 1.807) is 16.0 Å². The second kappa shape index (κ2) is 13.8. The number of nitrogens with one attached hydrogen (secondary N) is 2. The number of oxazole rings is 1. The molecule has 0 spiro atoms. The fourth-order valence-electron chi connectivity index (χ4n) is 6.57. The summed E-state index contributed by atoms with van der Waals surface area (Å²) >= 11 is 0. The second-order valence-corrected chi connectivity index (χ2v) is 12.6. The number of anilines is 1. The smallest absolute Gasteiger partial charge is 0.247 e. The van der Waals surface area contributed by atoms with Gasteiger partial charge in [0.05, 0.1) is 23.7 Å². The van der Waals surface area contributed by atoms with Gasteiger partial charge in [0.15, 0.2) is 11.8 Å². The number of H-pyrrole nitrogens is 1. The van der Waals surface area contributed by atoms with E-state index in [1.807, 2.05) is 80.6 Å². The van der Waals surface area contributed by atoms with Crippen LogP contribution in [-0.2, 0) is 20.8 Å². The van der Waals surface area contributed by atoms with Gasteiger partial charge in [-0.15, -0.1) is 0 Å². The summed E-state index contributed by atoms with van der Waals surface area (Å²) in [7, 11) is 0. The lowest BCUT2D eigenvalue weighted by Gasteiger charge is -2.34. The number of likely N-dealkylation sites (tertiary alicyclic amines) is 1. The van der Waals surface area contributed by atoms with E-state index in [9.17, 15) is 14.4 Å². The molecule has 248 valence electrons. The number of hydrogen-bond acceptors (Lipinski definition) is 6. The van der Waals surface area contributed by atoms with Crippen molar-refractivity contribution < 1.29 is 18.8 Å². The van der Waals surface area contributed by atoms with Crippen LogP contribution in [0.1, 0.15) is 62.0 Å². The molecule has 7 rings (SSSR count). The first-order chi connectivity index (χ1) is 23.9. The van der Waals surface area contributed by atoms with Crippen LogP contribution in [0.2, 0.25) is 0 Å². The molecule has 0 aliphatic carbocycles. The fourth-order valence-corrected chi connectivity index (χ4v) is 6.57. The van der Waals surface area contributed by atoms with Gasteiger partial charge in [0, 0.05) is 42.7 Å². The SMILES string of the molecule is CCC(=O)N1CCCCC1C(=O)Nc1cc(-c2ncc(-c3ccc4nc(C5C#CCCN5C(=O)Cc5ccccc5)[nH]c4c3)o2)ccc1C. The number of aryl methyl sites for hydroxylation is 1. The molecule has 1 saturated heterocycles. The summed E-state index contributed by atoms with van der Waals surface area (Å²) in [5.41, 5.74) is 5.62. The minimum absolute atomic E-state index is 0.000694. The highest BCUT2D eigenvalue weighted by Crippen LogP contribution is 2.32. The predicted octanol–water partition coefficient (Wildman–Crippen LogP) is 6.44. The molecule has 2 aliphatic heterocycles. The van der Waals surface area contributed by atoms with E-state index in [-0.39, 0.29) is 17.7 Å². The maximum absolute atomic E-state index is 13.3. The third kappa shape index (κ3) is 6.70. The van der Waals surface area contributed by atoms with Gasteiger partial charge >= 0.3 is 0 Å². The zero-order valence-electron chi connectivity index (χ0n) is 27.7. The highest BCUT2D eigenvalue weighted by Gasteiger charge is 2.32. The van der Waals surface area contributed by atoms with E-state index in [4.69, 9.17) is 9.40 Å². The molecule has 3 aromatic carbocycles. The number of carbonyl (C=O) groups excluding carboxylic acids is 3. The summed E-state index contributed by atoms with van der Waals surface area (Å²) in [6.45, 7) is 4.91. The van der Waals surface area contributed by atoms with Crippen LogP contribution in [0.3, 0.4) is 0 Å². The number of nitrogens with zero attached hydrogens (tertiary/aromatic N) is 4. The Hall–Kier alpha value is -5.69. The van der Waals surface area contributed by atoms with Crippen LogP contribution in [0.4, 0.5) is 5.69 Å². The van der Waals surface area contributed by atoms with Gasteiger partial charge in [-0.05, 0) is 67.6 Å². The molecule has 2 aromatic heterocycles. The Morgan fingerprint density at radius 3 is 2.65 bits per heavy atom. The van der Waals surface area contributed by atoms with Crippen LogP contribution in [0.5, 0.6) is 0 Å². The zero-order chi connectivity index (χ0) is 33.9. The molecule has 10 nitrogen and oxygen atoms in total. The Kier molecular flexibility index (Phi) is 8.99. The van der Waals surface area contributed by atoms with E-state index in [2.05, 4.69) is 27.1 Å². The zero-order valence-corrected chi connectivity index (χ0v) is 27.7. The number of amides is 3. The molecule has 2 atom stereocenters. The first kappa shape index (κ1) is 31.9. The Morgan fingerprint density at radius 2 is 1.82 bits per heavy atom. The van der Waals surface area contributed by atoms with Crippen molar-refractivity contribution in [3.8, 4) is 34.6 Å². The molecule has 0 bridgehead atoms. The molecule has 1 fully saturated rings. The van der Waals surface area contributed by atoms with Gasteiger partial charge in [0.1, 0.15) is 11.9 Å². The molecule has 0 radical (unpaired) electrons. The minimum Gasteiger partial charge on any atom is -0.436 e. The van der Waals surface area contributed by atoms with Crippen molar-refractivity contribution >= 4 is 34.4 Å². The first-order valence-electron chi connectivity index (χ1n) is 16.9. The van der Waals surface area contributed by atoms with Gasteiger partial charge < -0.3 is 24.5 Å².